The van der Waals surface area contributed by atoms with Gasteiger partial charge in [0.25, 0.3) is 0 Å². The van der Waals surface area contributed by atoms with E-state index in [4.69, 9.17) is 0 Å². The molecule has 0 radical (unpaired) electrons. The third-order valence-electron chi connectivity index (χ3n) is 6.21. The number of aliphatic hydroxyl groups excluding tert-OH is 1. The molecule has 0 bridgehead atoms. The number of hydrogen-bond donors (Lipinski definition) is 3. The van der Waals surface area contributed by atoms with Gasteiger partial charge in [0, 0.05) is 11.8 Å². The third-order valence-corrected chi connectivity index (χ3v) is 8.64. The van der Waals surface area contributed by atoms with Gasteiger partial charge in [0.15, 0.2) is 9.84 Å². The molecule has 2 aromatic rings. The molecule has 3 unspecified atom stereocenters. The van der Waals surface area contributed by atoms with Crippen LogP contribution in [0.3, 0.4) is 0 Å². The minimum Gasteiger partial charge on any atom is -0.392 e. The van der Waals surface area contributed by atoms with Crippen molar-refractivity contribution in [2.45, 2.75) is 55.8 Å². The number of hydrogen-bond acceptors (Lipinski definition) is 5. The van der Waals surface area contributed by atoms with Gasteiger partial charge in [0.05, 0.1) is 21.9 Å². The van der Waals surface area contributed by atoms with Crippen molar-refractivity contribution in [3.8, 4) is 0 Å². The maximum absolute atomic E-state index is 13.6. The molecule has 2 aromatic carbocycles. The van der Waals surface area contributed by atoms with E-state index in [0.717, 1.165) is 12.0 Å². The van der Waals surface area contributed by atoms with Crippen molar-refractivity contribution in [1.29, 1.82) is 0 Å². The first-order valence-corrected chi connectivity index (χ1v) is 11.4. The second kappa shape index (κ2) is 8.23. The van der Waals surface area contributed by atoms with Gasteiger partial charge < -0.3 is 5.11 Å². The number of aliphatic hydroxyl groups is 1. The lowest BCUT2D eigenvalue weighted by Crippen LogP contribution is -2.41. The van der Waals surface area contributed by atoms with Crippen molar-refractivity contribution in [2.24, 2.45) is 11.8 Å². The predicted molar refractivity (Wildman–Crippen MR) is 110 cm³/mol. The fraction of sp³-hybridized carbons (Fsp3) is 0.455. The molecule has 0 saturated heterocycles. The second-order valence-electron chi connectivity index (χ2n) is 7.70. The van der Waals surface area contributed by atoms with Gasteiger partial charge in [0.2, 0.25) is 0 Å². The highest BCUT2D eigenvalue weighted by Crippen LogP contribution is 2.46. The van der Waals surface area contributed by atoms with Crippen molar-refractivity contribution >= 4 is 15.5 Å². The normalized spacial score (nSPS) is 27.5. The standard InChI is InChI=1S/C22H29NO4S/c1-4-14(3)20-18(5-2)28(26,27)19-12-11-16(23-25)13-17(19)21(22(20)24)15-9-7-6-8-10-15/h6-14,18,20-25H,4-5H2,1-3H3/t14-,18?,20+,21?,22?/m0/s1. The minimum absolute atomic E-state index is 0.0469. The molecule has 0 fully saturated rings. The van der Waals surface area contributed by atoms with Crippen LogP contribution in [0.15, 0.2) is 53.4 Å². The van der Waals surface area contributed by atoms with Crippen LogP contribution in [0.25, 0.3) is 0 Å². The molecule has 3 rings (SSSR count). The summed E-state index contributed by atoms with van der Waals surface area (Å²) >= 11 is 0. The Kier molecular flexibility index (Phi) is 6.12. The zero-order valence-corrected chi connectivity index (χ0v) is 17.4. The number of nitrogens with one attached hydrogen (secondary N) is 1. The summed E-state index contributed by atoms with van der Waals surface area (Å²) in [6.07, 6.45) is 0.372. The Bertz CT molecular complexity index is 913. The van der Waals surface area contributed by atoms with Crippen LogP contribution in [0.5, 0.6) is 0 Å². The summed E-state index contributed by atoms with van der Waals surface area (Å²) in [5.41, 5.74) is 3.90. The van der Waals surface area contributed by atoms with Gasteiger partial charge in [-0.2, -0.15) is 0 Å². The van der Waals surface area contributed by atoms with Crippen LogP contribution in [0, 0.1) is 11.8 Å². The number of fused-ring (bicyclic) bond motifs is 1. The van der Waals surface area contributed by atoms with E-state index in [2.05, 4.69) is 5.48 Å². The van der Waals surface area contributed by atoms with E-state index in [1.807, 2.05) is 51.1 Å². The molecule has 5 nitrogen and oxygen atoms in total. The fourth-order valence-corrected chi connectivity index (χ4v) is 7.00. The summed E-state index contributed by atoms with van der Waals surface area (Å²) in [6, 6.07) is 14.3. The van der Waals surface area contributed by atoms with Gasteiger partial charge in [-0.1, -0.05) is 57.5 Å². The van der Waals surface area contributed by atoms with E-state index in [0.29, 0.717) is 17.7 Å². The summed E-state index contributed by atoms with van der Waals surface area (Å²) in [5.74, 6) is -0.830. The zero-order valence-electron chi connectivity index (χ0n) is 16.5. The Morgan fingerprint density at radius 2 is 1.79 bits per heavy atom. The maximum atomic E-state index is 13.6. The SMILES string of the molecule is CCC1[C@@H]([C@@H](C)CC)C(O)C(c2ccccc2)c2cc(NO)ccc2S1(=O)=O. The number of sulfone groups is 1. The minimum atomic E-state index is -3.64. The quantitative estimate of drug-likeness (QED) is 0.651. The third kappa shape index (κ3) is 3.45. The first kappa shape index (κ1) is 20.8. The van der Waals surface area contributed by atoms with Crippen LogP contribution in [0.4, 0.5) is 5.69 Å². The summed E-state index contributed by atoms with van der Waals surface area (Å²) in [4.78, 5) is 0.247. The van der Waals surface area contributed by atoms with Crippen molar-refractivity contribution in [3.63, 3.8) is 0 Å². The fourth-order valence-electron chi connectivity index (χ4n) is 4.62. The molecule has 152 valence electrons. The van der Waals surface area contributed by atoms with Crippen LogP contribution in [0.2, 0.25) is 0 Å². The molecule has 28 heavy (non-hydrogen) atoms. The van der Waals surface area contributed by atoms with E-state index in [1.165, 1.54) is 0 Å². The topological polar surface area (TPSA) is 86.6 Å². The van der Waals surface area contributed by atoms with Gasteiger partial charge >= 0.3 is 0 Å². The average molecular weight is 404 g/mol. The summed E-state index contributed by atoms with van der Waals surface area (Å²) < 4.78 is 27.2. The molecule has 0 amide bonds. The lowest BCUT2D eigenvalue weighted by Gasteiger charge is -2.35. The molecule has 6 heteroatoms. The largest absolute Gasteiger partial charge is 0.392 e. The molecule has 0 saturated carbocycles. The summed E-state index contributed by atoms with van der Waals surface area (Å²) in [5, 5.41) is 20.3. The average Bonchev–Trinajstić information content (AvgIpc) is 2.78. The Morgan fingerprint density at radius 1 is 1.11 bits per heavy atom. The molecule has 1 aliphatic rings. The lowest BCUT2D eigenvalue weighted by atomic mass is 9.74. The molecule has 0 aromatic heterocycles. The van der Waals surface area contributed by atoms with Crippen molar-refractivity contribution in [3.05, 3.63) is 59.7 Å². The van der Waals surface area contributed by atoms with Gasteiger partial charge in [0.1, 0.15) is 0 Å². The Balaban J connectivity index is 2.34. The Labute approximate surface area is 167 Å². The van der Waals surface area contributed by atoms with Gasteiger partial charge in [-0.3, -0.25) is 10.7 Å². The number of benzene rings is 2. The summed E-state index contributed by atoms with van der Waals surface area (Å²) in [6.45, 7) is 5.92. The molecule has 3 N–H and O–H groups in total. The summed E-state index contributed by atoms with van der Waals surface area (Å²) in [7, 11) is -3.64. The molecule has 1 heterocycles. The monoisotopic (exact) mass is 403 g/mol. The maximum Gasteiger partial charge on any atom is 0.181 e. The smallest absolute Gasteiger partial charge is 0.181 e. The first-order valence-electron chi connectivity index (χ1n) is 9.87. The second-order valence-corrected chi connectivity index (χ2v) is 9.83. The lowest BCUT2D eigenvalue weighted by molar-refractivity contribution is 0.0592. The Morgan fingerprint density at radius 3 is 2.36 bits per heavy atom. The molecule has 1 aliphatic heterocycles. The van der Waals surface area contributed by atoms with Crippen LogP contribution in [-0.2, 0) is 9.84 Å². The van der Waals surface area contributed by atoms with E-state index >= 15 is 0 Å². The first-order chi connectivity index (χ1) is 13.4. The van der Waals surface area contributed by atoms with Crippen molar-refractivity contribution in [1.82, 2.24) is 0 Å². The van der Waals surface area contributed by atoms with E-state index in [9.17, 15) is 18.7 Å². The highest BCUT2D eigenvalue weighted by molar-refractivity contribution is 7.92. The molecular weight excluding hydrogens is 374 g/mol. The molecule has 0 spiro atoms. The molecule has 5 atom stereocenters. The van der Waals surface area contributed by atoms with E-state index in [-0.39, 0.29) is 16.7 Å². The van der Waals surface area contributed by atoms with Crippen LogP contribution >= 0.6 is 0 Å². The highest BCUT2D eigenvalue weighted by atomic mass is 32.2. The van der Waals surface area contributed by atoms with Gasteiger partial charge in [-0.25, -0.2) is 8.42 Å². The van der Waals surface area contributed by atoms with Crippen LogP contribution in [-0.4, -0.2) is 30.1 Å². The Hall–Kier alpha value is -1.89. The van der Waals surface area contributed by atoms with E-state index in [1.54, 1.807) is 18.2 Å². The molecular formula is C22H29NO4S. The highest BCUT2D eigenvalue weighted by Gasteiger charge is 2.47. The van der Waals surface area contributed by atoms with E-state index < -0.39 is 27.1 Å². The van der Waals surface area contributed by atoms with Crippen molar-refractivity contribution < 1.29 is 18.7 Å². The van der Waals surface area contributed by atoms with Gasteiger partial charge in [-0.05, 0) is 41.7 Å². The van der Waals surface area contributed by atoms with Crippen molar-refractivity contribution in [2.75, 3.05) is 5.48 Å². The van der Waals surface area contributed by atoms with Crippen LogP contribution in [0.1, 0.15) is 50.7 Å². The van der Waals surface area contributed by atoms with Gasteiger partial charge in [-0.15, -0.1) is 0 Å². The predicted octanol–water partition coefficient (Wildman–Crippen LogP) is 4.21. The molecule has 0 aliphatic carbocycles. The van der Waals surface area contributed by atoms with Crippen LogP contribution < -0.4 is 5.48 Å². The number of anilines is 1. The number of rotatable bonds is 5. The zero-order chi connectivity index (χ0) is 20.5.